The molecule has 138 valence electrons. The van der Waals surface area contributed by atoms with E-state index in [0.29, 0.717) is 11.8 Å². The van der Waals surface area contributed by atoms with E-state index in [1.807, 2.05) is 6.07 Å². The van der Waals surface area contributed by atoms with E-state index in [4.69, 9.17) is 0 Å². The molecule has 2 aliphatic rings. The minimum absolute atomic E-state index is 0.0925. The number of aliphatic hydroxyl groups excluding tert-OH is 1. The fourth-order valence-electron chi connectivity index (χ4n) is 4.48. The lowest BCUT2D eigenvalue weighted by Gasteiger charge is -2.48. The fraction of sp³-hybridized carbons (Fsp3) is 0.667. The van der Waals surface area contributed by atoms with Crippen LogP contribution >= 0.6 is 0 Å². The van der Waals surface area contributed by atoms with E-state index in [9.17, 15) is 9.90 Å². The summed E-state index contributed by atoms with van der Waals surface area (Å²) in [6.07, 6.45) is 4.47. The first-order valence-corrected chi connectivity index (χ1v) is 9.80. The number of amides is 1. The summed E-state index contributed by atoms with van der Waals surface area (Å²) in [5, 5.41) is 13.1. The van der Waals surface area contributed by atoms with E-state index >= 15 is 0 Å². The third-order valence-corrected chi connectivity index (χ3v) is 5.70. The monoisotopic (exact) mass is 344 g/mol. The summed E-state index contributed by atoms with van der Waals surface area (Å²) in [4.78, 5) is 15.1. The molecule has 1 saturated carbocycles. The Morgan fingerprint density at radius 1 is 1.20 bits per heavy atom. The van der Waals surface area contributed by atoms with Crippen LogP contribution < -0.4 is 5.32 Å². The number of nitrogens with one attached hydrogen (secondary N) is 1. The molecular formula is C21H32N2O2. The maximum atomic E-state index is 13.0. The summed E-state index contributed by atoms with van der Waals surface area (Å²) >= 11 is 0. The fourth-order valence-corrected chi connectivity index (χ4v) is 4.48. The van der Waals surface area contributed by atoms with Crippen molar-refractivity contribution in [3.8, 4) is 0 Å². The van der Waals surface area contributed by atoms with Gasteiger partial charge in [-0.05, 0) is 24.3 Å². The smallest absolute Gasteiger partial charge is 0.225 e. The van der Waals surface area contributed by atoms with Crippen LogP contribution in [0.2, 0.25) is 0 Å². The average molecular weight is 344 g/mol. The van der Waals surface area contributed by atoms with Crippen molar-refractivity contribution in [3.05, 3.63) is 35.9 Å². The SMILES string of the molecule is CC(C)CN(C[C@H]1N[C@H](CO)[C@@H]1c1ccccc1)C(=O)C1CCCC1. The number of hydrogen-bond donors (Lipinski definition) is 2. The molecule has 2 fully saturated rings. The van der Waals surface area contributed by atoms with E-state index < -0.39 is 0 Å². The van der Waals surface area contributed by atoms with Gasteiger partial charge in [-0.25, -0.2) is 0 Å². The number of carbonyl (C=O) groups excluding carboxylic acids is 1. The molecule has 1 heterocycles. The van der Waals surface area contributed by atoms with Crippen molar-refractivity contribution in [2.24, 2.45) is 11.8 Å². The zero-order chi connectivity index (χ0) is 17.8. The lowest BCUT2D eigenvalue weighted by molar-refractivity contribution is -0.136. The zero-order valence-electron chi connectivity index (χ0n) is 15.5. The van der Waals surface area contributed by atoms with Gasteiger partial charge >= 0.3 is 0 Å². The van der Waals surface area contributed by atoms with Crippen LogP contribution in [0.15, 0.2) is 30.3 Å². The van der Waals surface area contributed by atoms with Crippen molar-refractivity contribution < 1.29 is 9.90 Å². The lowest BCUT2D eigenvalue weighted by Crippen LogP contribution is -2.65. The largest absolute Gasteiger partial charge is 0.395 e. The molecule has 25 heavy (non-hydrogen) atoms. The summed E-state index contributed by atoms with van der Waals surface area (Å²) in [6.45, 7) is 6.04. The zero-order valence-corrected chi connectivity index (χ0v) is 15.5. The predicted octanol–water partition coefficient (Wildman–Crippen LogP) is 2.78. The highest BCUT2D eigenvalue weighted by molar-refractivity contribution is 5.79. The molecule has 1 aliphatic heterocycles. The van der Waals surface area contributed by atoms with Gasteiger partial charge in [0.05, 0.1) is 6.61 Å². The number of carbonyl (C=O) groups is 1. The van der Waals surface area contributed by atoms with Gasteiger partial charge in [0.15, 0.2) is 0 Å². The van der Waals surface area contributed by atoms with Gasteiger partial charge in [-0.2, -0.15) is 0 Å². The molecule has 0 unspecified atom stereocenters. The molecular weight excluding hydrogens is 312 g/mol. The topological polar surface area (TPSA) is 52.6 Å². The molecule has 0 bridgehead atoms. The van der Waals surface area contributed by atoms with E-state index in [-0.39, 0.29) is 30.5 Å². The van der Waals surface area contributed by atoms with Gasteiger partial charge in [-0.15, -0.1) is 0 Å². The van der Waals surface area contributed by atoms with Crippen LogP contribution in [-0.4, -0.2) is 47.7 Å². The molecule has 4 nitrogen and oxygen atoms in total. The standard InChI is InChI=1S/C21H32N2O2/c1-15(2)12-23(21(25)17-10-6-7-11-17)13-18-20(19(14-24)22-18)16-8-4-3-5-9-16/h3-5,8-9,15,17-20,22,24H,6-7,10-14H2,1-2H3/t18-,19-,20-/m1/s1. The third kappa shape index (κ3) is 4.24. The molecule has 1 aromatic carbocycles. The molecule has 1 amide bonds. The number of hydrogen-bond acceptors (Lipinski definition) is 3. The van der Waals surface area contributed by atoms with E-state index in [1.165, 1.54) is 18.4 Å². The van der Waals surface area contributed by atoms with Crippen LogP contribution in [-0.2, 0) is 4.79 Å². The molecule has 2 N–H and O–H groups in total. The normalized spacial score (nSPS) is 26.6. The lowest BCUT2D eigenvalue weighted by atomic mass is 9.77. The van der Waals surface area contributed by atoms with E-state index in [2.05, 4.69) is 48.3 Å². The molecule has 4 heteroatoms. The molecule has 0 spiro atoms. The molecule has 3 atom stereocenters. The van der Waals surface area contributed by atoms with E-state index in [1.54, 1.807) is 0 Å². The number of rotatable bonds is 7. The van der Waals surface area contributed by atoms with Crippen LogP contribution in [0.5, 0.6) is 0 Å². The van der Waals surface area contributed by atoms with Crippen molar-refractivity contribution in [3.63, 3.8) is 0 Å². The van der Waals surface area contributed by atoms with Gasteiger partial charge in [0, 0.05) is 37.0 Å². The second-order valence-electron chi connectivity index (χ2n) is 8.12. The number of nitrogens with zero attached hydrogens (tertiary/aromatic N) is 1. The molecule has 0 radical (unpaired) electrons. The highest BCUT2D eigenvalue weighted by Crippen LogP contribution is 2.33. The highest BCUT2D eigenvalue weighted by atomic mass is 16.3. The van der Waals surface area contributed by atoms with Crippen LogP contribution in [0.3, 0.4) is 0 Å². The highest BCUT2D eigenvalue weighted by Gasteiger charge is 2.42. The van der Waals surface area contributed by atoms with E-state index in [0.717, 1.165) is 25.9 Å². The van der Waals surface area contributed by atoms with Gasteiger partial charge in [-0.1, -0.05) is 57.0 Å². The molecule has 1 aliphatic carbocycles. The van der Waals surface area contributed by atoms with Crippen molar-refractivity contribution in [1.82, 2.24) is 10.2 Å². The Hall–Kier alpha value is -1.39. The van der Waals surface area contributed by atoms with Gasteiger partial charge in [0.25, 0.3) is 0 Å². The van der Waals surface area contributed by atoms with Crippen LogP contribution in [0.4, 0.5) is 0 Å². The molecule has 1 aromatic rings. The number of benzene rings is 1. The summed E-state index contributed by atoms with van der Waals surface area (Å²) in [7, 11) is 0. The minimum Gasteiger partial charge on any atom is -0.395 e. The van der Waals surface area contributed by atoms with Gasteiger partial charge in [-0.3, -0.25) is 4.79 Å². The van der Waals surface area contributed by atoms with Gasteiger partial charge in [0.1, 0.15) is 0 Å². The van der Waals surface area contributed by atoms with Crippen molar-refractivity contribution in [2.75, 3.05) is 19.7 Å². The minimum atomic E-state index is 0.0925. The second-order valence-corrected chi connectivity index (χ2v) is 8.12. The Morgan fingerprint density at radius 2 is 1.88 bits per heavy atom. The Kier molecular flexibility index (Phi) is 6.13. The Bertz CT molecular complexity index is 554. The summed E-state index contributed by atoms with van der Waals surface area (Å²) < 4.78 is 0. The van der Waals surface area contributed by atoms with Gasteiger partial charge in [0.2, 0.25) is 5.91 Å². The molecule has 1 saturated heterocycles. The Labute approximate surface area is 151 Å². The van der Waals surface area contributed by atoms with Crippen molar-refractivity contribution in [2.45, 2.75) is 57.5 Å². The summed E-state index contributed by atoms with van der Waals surface area (Å²) in [5.41, 5.74) is 1.25. The van der Waals surface area contributed by atoms with Crippen LogP contribution in [0, 0.1) is 11.8 Å². The third-order valence-electron chi connectivity index (χ3n) is 5.70. The first-order chi connectivity index (χ1) is 12.1. The first-order valence-electron chi connectivity index (χ1n) is 9.80. The maximum Gasteiger partial charge on any atom is 0.225 e. The first kappa shape index (κ1) is 18.4. The van der Waals surface area contributed by atoms with Crippen molar-refractivity contribution in [1.29, 1.82) is 0 Å². The Balaban J connectivity index is 1.70. The molecule has 3 rings (SSSR count). The predicted molar refractivity (Wildman–Crippen MR) is 100 cm³/mol. The Morgan fingerprint density at radius 3 is 2.48 bits per heavy atom. The average Bonchev–Trinajstić information content (AvgIpc) is 3.11. The number of aliphatic hydroxyl groups is 1. The van der Waals surface area contributed by atoms with Gasteiger partial charge < -0.3 is 15.3 Å². The second kappa shape index (κ2) is 8.33. The van der Waals surface area contributed by atoms with Crippen molar-refractivity contribution >= 4 is 5.91 Å². The summed E-state index contributed by atoms with van der Waals surface area (Å²) in [6, 6.07) is 10.7. The quantitative estimate of drug-likeness (QED) is 0.800. The summed E-state index contributed by atoms with van der Waals surface area (Å²) in [5.74, 6) is 1.31. The van der Waals surface area contributed by atoms with Crippen LogP contribution in [0.25, 0.3) is 0 Å². The molecule has 0 aromatic heterocycles. The maximum absolute atomic E-state index is 13.0. The van der Waals surface area contributed by atoms with Crippen LogP contribution in [0.1, 0.15) is 51.0 Å².